The standard InChI is InChI=1S/C14H22.C11H16.2C10H14.C10H22.C9H12.2C8H10.C6H14.C5H12.C4H10.C3H8.C3H6.C2H6.19CH4/c1-13(2,3)11-7-9-12(10-8-11)14(4,5)6;1-9-5-7-10(8-6-9)11(2,3)4;1-8(2)10-6-4-9(3)5-7-10;1-3-9-5-7-10(4-2)8-6-9;1-7-10(5,6)8-9(2,3)4;1-3-9-6-4-8(2)5-7-9;1-7-3-5-8(2)6-4-7;1-2-8-6-4-3-5-7-8;1-5-6(2,3)4;1-5(2,3)4;1-4(2)3;2*1-3-2;1-2;;;;;;;;;;;;;;;;;;;/h7-10H,1-6H3;5-8H,1-4H3;4-8H,1-3H3;5-8H,3-4H2,1-2H3;7-8H2,1-6H3;4-7H,3H2,1-2H3;3-6H,1-2H3;3-7H,2H2,1H3;5H2,1-4H3;1-4H3;4H,1-3H3;3H2,1-2H3;3H,1H2,2H3;1-2H3;19*1H4. The van der Waals surface area contributed by atoms with Gasteiger partial charge in [-0.1, -0.05) is 619 Å². The van der Waals surface area contributed by atoms with E-state index in [-0.39, 0.29) is 157 Å². The minimum absolute atomic E-state index is 0. The first-order valence-corrected chi connectivity index (χ1v) is 40.2. The highest BCUT2D eigenvalue weighted by atomic mass is 14.3. The number of hydrogen-bond acceptors (Lipinski definition) is 0. The van der Waals surface area contributed by atoms with Gasteiger partial charge in [-0.3, -0.25) is 0 Å². The zero-order chi connectivity index (χ0) is 82.0. The molecule has 122 heavy (non-hydrogen) atoms. The molecule has 7 rings (SSSR count). The molecule has 0 amide bonds. The van der Waals surface area contributed by atoms with E-state index in [1.807, 2.05) is 26.8 Å². The molecule has 0 aliphatic heterocycles. The van der Waals surface area contributed by atoms with Crippen LogP contribution in [-0.4, -0.2) is 0 Å². The molecular formula is C122H252. The summed E-state index contributed by atoms with van der Waals surface area (Å²) in [6.45, 7) is 95.4. The first-order chi connectivity index (χ1) is 47.2. The van der Waals surface area contributed by atoms with Gasteiger partial charge in [-0.2, -0.15) is 0 Å². The smallest absolute Gasteiger partial charge is 0.0132 e. The van der Waals surface area contributed by atoms with Crippen LogP contribution in [0.3, 0.4) is 0 Å². The van der Waals surface area contributed by atoms with Gasteiger partial charge < -0.3 is 0 Å². The van der Waals surface area contributed by atoms with E-state index < -0.39 is 0 Å². The predicted octanol–water partition coefficient (Wildman–Crippen LogP) is 46.4. The molecule has 0 atom stereocenters. The summed E-state index contributed by atoms with van der Waals surface area (Å²) in [5, 5.41) is 0. The molecule has 0 aromatic heterocycles. The lowest BCUT2D eigenvalue weighted by atomic mass is 9.75. The highest BCUT2D eigenvalue weighted by molar-refractivity contribution is 5.32. The Morgan fingerprint density at radius 2 is 0.426 bits per heavy atom. The molecule has 7 aromatic rings. The third kappa shape index (κ3) is 135. The second kappa shape index (κ2) is 106. The normalized spacial score (nSPS) is 8.92. The number of rotatable bonds is 7. The molecule has 0 heteroatoms. The van der Waals surface area contributed by atoms with Crippen LogP contribution in [0.2, 0.25) is 0 Å². The second-order valence-electron chi connectivity index (χ2n) is 36.1. The van der Waals surface area contributed by atoms with Crippen LogP contribution >= 0.6 is 0 Å². The van der Waals surface area contributed by atoms with Crippen LogP contribution < -0.4 is 0 Å². The highest BCUT2D eigenvalue weighted by Gasteiger charge is 2.23. The van der Waals surface area contributed by atoms with Gasteiger partial charge in [0.05, 0.1) is 0 Å². The molecule has 7 aromatic carbocycles. The summed E-state index contributed by atoms with van der Waals surface area (Å²) < 4.78 is 0. The Labute approximate surface area is 788 Å². The minimum Gasteiger partial charge on any atom is -0.103 e. The minimum atomic E-state index is 0. The Balaban J connectivity index is -0.0000000341. The maximum absolute atomic E-state index is 3.36. The Hall–Kier alpha value is -5.72. The maximum atomic E-state index is 3.36. The molecule has 0 N–H and O–H groups in total. The van der Waals surface area contributed by atoms with E-state index in [0.29, 0.717) is 27.6 Å². The predicted molar refractivity (Wildman–Crippen MR) is 611 cm³/mol. The topological polar surface area (TPSA) is 0 Å². The number of hydrogen-bond donors (Lipinski definition) is 0. The highest BCUT2D eigenvalue weighted by Crippen LogP contribution is 2.35. The summed E-state index contributed by atoms with van der Waals surface area (Å²) in [5.41, 5.74) is 20.9. The molecule has 0 saturated carbocycles. The summed E-state index contributed by atoms with van der Waals surface area (Å²) in [6.07, 6.45) is 11.4. The van der Waals surface area contributed by atoms with E-state index >= 15 is 0 Å². The largest absolute Gasteiger partial charge is 0.103 e. The monoisotopic (exact) mass is 1720 g/mol. The molecule has 0 fully saturated rings. The quantitative estimate of drug-likeness (QED) is 0.140. The maximum Gasteiger partial charge on any atom is -0.0132 e. The van der Waals surface area contributed by atoms with Gasteiger partial charge in [0.2, 0.25) is 0 Å². The summed E-state index contributed by atoms with van der Waals surface area (Å²) in [4.78, 5) is 0. The Morgan fingerprint density at radius 1 is 0.270 bits per heavy atom. The molecule has 0 bridgehead atoms. The lowest BCUT2D eigenvalue weighted by Crippen LogP contribution is -2.19. The van der Waals surface area contributed by atoms with E-state index in [1.165, 1.54) is 98.0 Å². The zero-order valence-corrected chi connectivity index (χ0v) is 76.8. The van der Waals surface area contributed by atoms with Crippen molar-refractivity contribution in [3.05, 3.63) is 261 Å². The van der Waals surface area contributed by atoms with Crippen molar-refractivity contribution in [1.29, 1.82) is 0 Å². The van der Waals surface area contributed by atoms with E-state index in [1.54, 1.807) is 6.08 Å². The third-order valence-corrected chi connectivity index (χ3v) is 15.1. The van der Waals surface area contributed by atoms with Crippen molar-refractivity contribution < 1.29 is 0 Å². The van der Waals surface area contributed by atoms with E-state index in [9.17, 15) is 0 Å². The molecule has 0 aliphatic carbocycles. The van der Waals surface area contributed by atoms with Crippen molar-refractivity contribution in [3.8, 4) is 0 Å². The number of aryl methyl sites for hydroxylation is 9. The van der Waals surface area contributed by atoms with E-state index in [2.05, 4.69) is 446 Å². The zero-order valence-electron chi connectivity index (χ0n) is 76.8. The summed E-state index contributed by atoms with van der Waals surface area (Å²) in [7, 11) is 0. The van der Waals surface area contributed by atoms with Crippen LogP contribution in [0.1, 0.15) is 501 Å². The van der Waals surface area contributed by atoms with Crippen LogP contribution in [0.15, 0.2) is 189 Å². The summed E-state index contributed by atoms with van der Waals surface area (Å²) >= 11 is 0. The van der Waals surface area contributed by atoms with Gasteiger partial charge in [-0.25, -0.2) is 0 Å². The Bertz CT molecular complexity index is 2830. The van der Waals surface area contributed by atoms with Gasteiger partial charge in [-0.05, 0) is 168 Å². The Kier molecular flexibility index (Phi) is 164. The van der Waals surface area contributed by atoms with E-state index in [0.717, 1.165) is 31.6 Å². The van der Waals surface area contributed by atoms with Crippen molar-refractivity contribution in [3.63, 3.8) is 0 Å². The Morgan fingerprint density at radius 3 is 0.566 bits per heavy atom. The van der Waals surface area contributed by atoms with E-state index in [4.69, 9.17) is 0 Å². The SMILES string of the molecule is C.C.C.C.C.C.C.C.C.C.C.C.C.C.C.C.C.C.C.C=CC.CC.CC(C)(C)C.CC(C)(C)c1ccc(C(C)(C)C)cc1.CC(C)C.CCC.CCC(C)(C)C.CCC(C)(C)CC(C)(C)C.CCc1ccc(C)cc1.CCc1ccc(CC)cc1.CCc1ccccc1.Cc1ccc(C(C)(C)C)cc1.Cc1ccc(C(C)C)cc1.Cc1ccc(C)cc1. The average molecular weight is 1720 g/mol. The molecule has 0 spiro atoms. The van der Waals surface area contributed by atoms with Crippen LogP contribution in [0.4, 0.5) is 0 Å². The van der Waals surface area contributed by atoms with Crippen molar-refractivity contribution in [2.24, 2.45) is 27.6 Å². The lowest BCUT2D eigenvalue weighted by molar-refractivity contribution is 0.206. The second-order valence-corrected chi connectivity index (χ2v) is 36.1. The molecule has 0 aliphatic rings. The van der Waals surface area contributed by atoms with Gasteiger partial charge in [0.25, 0.3) is 0 Å². The molecule has 0 radical (unpaired) electrons. The van der Waals surface area contributed by atoms with Gasteiger partial charge >= 0.3 is 0 Å². The fourth-order valence-electron chi connectivity index (χ4n) is 8.22. The molecule has 0 unspecified atom stereocenters. The molecule has 0 heterocycles. The van der Waals surface area contributed by atoms with Crippen molar-refractivity contribution >= 4 is 0 Å². The summed E-state index contributed by atoms with van der Waals surface area (Å²) in [5.74, 6) is 1.49. The fraction of sp³-hybridized carbons (Fsp3) is 0.639. The van der Waals surface area contributed by atoms with Crippen LogP contribution in [0.25, 0.3) is 0 Å². The van der Waals surface area contributed by atoms with Gasteiger partial charge in [0, 0.05) is 0 Å². The van der Waals surface area contributed by atoms with Gasteiger partial charge in [0.15, 0.2) is 0 Å². The summed E-state index contributed by atoms with van der Waals surface area (Å²) in [6, 6.07) is 62.9. The van der Waals surface area contributed by atoms with Crippen molar-refractivity contribution in [2.45, 2.75) is 505 Å². The van der Waals surface area contributed by atoms with Crippen molar-refractivity contribution in [1.82, 2.24) is 0 Å². The number of benzene rings is 7. The van der Waals surface area contributed by atoms with Gasteiger partial charge in [0.1, 0.15) is 0 Å². The molecule has 0 nitrogen and oxygen atoms in total. The van der Waals surface area contributed by atoms with Crippen LogP contribution in [0.5, 0.6) is 0 Å². The van der Waals surface area contributed by atoms with Gasteiger partial charge in [-0.15, -0.1) is 6.58 Å². The molecule has 0 saturated heterocycles. The third-order valence-electron chi connectivity index (χ3n) is 15.1. The van der Waals surface area contributed by atoms with Crippen molar-refractivity contribution in [2.75, 3.05) is 0 Å². The fourth-order valence-corrected chi connectivity index (χ4v) is 8.22. The first-order valence-electron chi connectivity index (χ1n) is 40.2. The first kappa shape index (κ1) is 190. The average Bonchev–Trinajstić information content (AvgIpc) is 0.834. The van der Waals surface area contributed by atoms with Crippen LogP contribution in [-0.2, 0) is 41.9 Å². The molecular weight excluding hydrogens is 1470 g/mol. The van der Waals surface area contributed by atoms with Crippen LogP contribution in [0, 0.1) is 62.2 Å². The molecule has 740 valence electrons. The number of allylic oxidation sites excluding steroid dienone is 1. The lowest BCUT2D eigenvalue weighted by Gasteiger charge is -2.31.